The molecule has 1 aliphatic rings. The van der Waals surface area contributed by atoms with E-state index in [1.807, 2.05) is 0 Å². The lowest BCUT2D eigenvalue weighted by Gasteiger charge is -2.14. The minimum atomic E-state index is -4.09. The fourth-order valence-corrected chi connectivity index (χ4v) is 4.21. The summed E-state index contributed by atoms with van der Waals surface area (Å²) in [6, 6.07) is 8.69. The second-order valence-electron chi connectivity index (χ2n) is 6.45. The van der Waals surface area contributed by atoms with Gasteiger partial charge in [-0.3, -0.25) is 9.59 Å². The van der Waals surface area contributed by atoms with E-state index in [1.54, 1.807) is 35.2 Å². The molecule has 144 valence electrons. The van der Waals surface area contributed by atoms with E-state index in [1.165, 1.54) is 12.3 Å². The lowest BCUT2D eigenvalue weighted by molar-refractivity contribution is -0.138. The van der Waals surface area contributed by atoms with Crippen LogP contribution in [-0.2, 0) is 21.2 Å². The highest BCUT2D eigenvalue weighted by Gasteiger charge is 2.28. The molecule has 27 heavy (non-hydrogen) atoms. The molecule has 0 spiro atoms. The zero-order chi connectivity index (χ0) is 19.4. The minimum Gasteiger partial charge on any atom is -0.480 e. The van der Waals surface area contributed by atoms with Crippen molar-refractivity contribution >= 4 is 21.9 Å². The number of carbonyl (C=O) groups excluding carboxylic acids is 1. The molecule has 3 rings (SSSR count). The van der Waals surface area contributed by atoms with Gasteiger partial charge in [0.1, 0.15) is 16.6 Å². The molecule has 1 fully saturated rings. The van der Waals surface area contributed by atoms with E-state index in [0.717, 1.165) is 12.8 Å². The van der Waals surface area contributed by atoms with Gasteiger partial charge in [0, 0.05) is 19.3 Å². The SMILES string of the molecule is O=C(O)[C@H](Cc1ccccc1)NS(=O)(=O)c1c[nH]c(C(=O)N2CCCC2)c1. The minimum absolute atomic E-state index is 0.0133. The lowest BCUT2D eigenvalue weighted by Crippen LogP contribution is -2.42. The summed E-state index contributed by atoms with van der Waals surface area (Å²) in [6.07, 6.45) is 3.07. The van der Waals surface area contributed by atoms with E-state index >= 15 is 0 Å². The van der Waals surface area contributed by atoms with Gasteiger partial charge in [0.05, 0.1) is 0 Å². The first kappa shape index (κ1) is 19.1. The topological polar surface area (TPSA) is 120 Å². The van der Waals surface area contributed by atoms with Gasteiger partial charge in [-0.05, 0) is 30.9 Å². The van der Waals surface area contributed by atoms with Crippen molar-refractivity contribution in [2.75, 3.05) is 13.1 Å². The number of aromatic amines is 1. The first-order valence-corrected chi connectivity index (χ1v) is 10.1. The Hall–Kier alpha value is -2.65. The summed E-state index contributed by atoms with van der Waals surface area (Å²) in [5.74, 6) is -1.53. The number of hydrogen-bond acceptors (Lipinski definition) is 4. The van der Waals surface area contributed by atoms with Crippen LogP contribution in [0.15, 0.2) is 47.5 Å². The Bertz CT molecular complexity index is 917. The van der Waals surface area contributed by atoms with Crippen LogP contribution in [0.1, 0.15) is 28.9 Å². The van der Waals surface area contributed by atoms with Crippen LogP contribution < -0.4 is 4.72 Å². The fourth-order valence-electron chi connectivity index (χ4n) is 3.03. The average Bonchev–Trinajstić information content (AvgIpc) is 3.33. The molecule has 0 aliphatic carbocycles. The number of H-pyrrole nitrogens is 1. The number of aliphatic carboxylic acids is 1. The Morgan fingerprint density at radius 1 is 1.19 bits per heavy atom. The van der Waals surface area contributed by atoms with Crippen molar-refractivity contribution < 1.29 is 23.1 Å². The largest absolute Gasteiger partial charge is 0.480 e. The summed E-state index contributed by atoms with van der Waals surface area (Å²) in [7, 11) is -4.09. The predicted molar refractivity (Wildman–Crippen MR) is 97.8 cm³/mol. The monoisotopic (exact) mass is 391 g/mol. The highest BCUT2D eigenvalue weighted by Crippen LogP contribution is 2.16. The van der Waals surface area contributed by atoms with Crippen molar-refractivity contribution in [2.24, 2.45) is 0 Å². The number of rotatable bonds is 7. The highest BCUT2D eigenvalue weighted by molar-refractivity contribution is 7.89. The number of benzene rings is 1. The number of nitrogens with one attached hydrogen (secondary N) is 2. The molecule has 1 aromatic heterocycles. The summed E-state index contributed by atoms with van der Waals surface area (Å²) >= 11 is 0. The number of aromatic nitrogens is 1. The number of carboxylic acids is 1. The molecule has 0 bridgehead atoms. The third-order valence-electron chi connectivity index (χ3n) is 4.47. The number of likely N-dealkylation sites (tertiary alicyclic amines) is 1. The normalized spacial score (nSPS) is 15.6. The van der Waals surface area contributed by atoms with Crippen molar-refractivity contribution in [2.45, 2.75) is 30.2 Å². The van der Waals surface area contributed by atoms with Crippen molar-refractivity contribution in [3.05, 3.63) is 53.9 Å². The molecule has 1 aliphatic heterocycles. The van der Waals surface area contributed by atoms with Gasteiger partial charge < -0.3 is 15.0 Å². The first-order chi connectivity index (χ1) is 12.9. The highest BCUT2D eigenvalue weighted by atomic mass is 32.2. The van der Waals surface area contributed by atoms with Crippen molar-refractivity contribution in [3.8, 4) is 0 Å². The van der Waals surface area contributed by atoms with Crippen LogP contribution in [-0.4, -0.2) is 54.4 Å². The number of nitrogens with zero attached hydrogens (tertiary/aromatic N) is 1. The Morgan fingerprint density at radius 2 is 1.85 bits per heavy atom. The maximum Gasteiger partial charge on any atom is 0.322 e. The Kier molecular flexibility index (Phi) is 5.62. The molecular formula is C18H21N3O5S. The second-order valence-corrected chi connectivity index (χ2v) is 8.16. The van der Waals surface area contributed by atoms with Crippen LogP contribution in [0.25, 0.3) is 0 Å². The first-order valence-electron chi connectivity index (χ1n) is 8.63. The molecule has 1 amide bonds. The number of carbonyl (C=O) groups is 2. The molecule has 1 atom stereocenters. The number of sulfonamides is 1. The van der Waals surface area contributed by atoms with E-state index in [-0.39, 0.29) is 22.9 Å². The summed E-state index contributed by atoms with van der Waals surface area (Å²) < 4.78 is 27.4. The van der Waals surface area contributed by atoms with Crippen LogP contribution in [0.2, 0.25) is 0 Å². The third kappa shape index (κ3) is 4.55. The van der Waals surface area contributed by atoms with Crippen LogP contribution in [0.4, 0.5) is 0 Å². The molecule has 1 saturated heterocycles. The molecule has 0 unspecified atom stereocenters. The third-order valence-corrected chi connectivity index (χ3v) is 5.92. The lowest BCUT2D eigenvalue weighted by atomic mass is 10.1. The maximum atomic E-state index is 12.6. The van der Waals surface area contributed by atoms with Crippen molar-refractivity contribution in [3.63, 3.8) is 0 Å². The Balaban J connectivity index is 1.74. The van der Waals surface area contributed by atoms with E-state index in [2.05, 4.69) is 9.71 Å². The van der Waals surface area contributed by atoms with Gasteiger partial charge in [0.15, 0.2) is 0 Å². The molecular weight excluding hydrogens is 370 g/mol. The van der Waals surface area contributed by atoms with E-state index in [9.17, 15) is 23.1 Å². The van der Waals surface area contributed by atoms with Crippen LogP contribution in [0.3, 0.4) is 0 Å². The van der Waals surface area contributed by atoms with Crippen molar-refractivity contribution in [1.82, 2.24) is 14.6 Å². The predicted octanol–water partition coefficient (Wildman–Crippen LogP) is 1.22. The van der Waals surface area contributed by atoms with Crippen molar-refractivity contribution in [1.29, 1.82) is 0 Å². The smallest absolute Gasteiger partial charge is 0.322 e. The molecule has 1 aromatic carbocycles. The molecule has 0 radical (unpaired) electrons. The summed E-state index contributed by atoms with van der Waals surface area (Å²) in [4.78, 5) is 28.0. The number of amides is 1. The van der Waals surface area contributed by atoms with E-state index in [0.29, 0.717) is 18.7 Å². The maximum absolute atomic E-state index is 12.6. The Labute approximate surface area is 157 Å². The zero-order valence-corrected chi connectivity index (χ0v) is 15.4. The van der Waals surface area contributed by atoms with Gasteiger partial charge >= 0.3 is 5.97 Å². The molecule has 2 heterocycles. The molecule has 9 heteroatoms. The number of carboxylic acid groups (broad SMARTS) is 1. The van der Waals surface area contributed by atoms with Gasteiger partial charge in [-0.2, -0.15) is 4.72 Å². The average molecular weight is 391 g/mol. The van der Waals surface area contributed by atoms with Crippen LogP contribution in [0, 0.1) is 0 Å². The number of hydrogen-bond donors (Lipinski definition) is 3. The van der Waals surface area contributed by atoms with Gasteiger partial charge in [-0.1, -0.05) is 30.3 Å². The van der Waals surface area contributed by atoms with Gasteiger partial charge in [-0.15, -0.1) is 0 Å². The molecule has 8 nitrogen and oxygen atoms in total. The van der Waals surface area contributed by atoms with E-state index < -0.39 is 22.0 Å². The molecule has 3 N–H and O–H groups in total. The van der Waals surface area contributed by atoms with Gasteiger partial charge in [0.25, 0.3) is 5.91 Å². The molecule has 2 aromatic rings. The second kappa shape index (κ2) is 7.93. The van der Waals surface area contributed by atoms with E-state index in [4.69, 9.17) is 0 Å². The Morgan fingerprint density at radius 3 is 2.48 bits per heavy atom. The van der Waals surface area contributed by atoms with Gasteiger partial charge in [0.2, 0.25) is 10.0 Å². The zero-order valence-electron chi connectivity index (χ0n) is 14.6. The van der Waals surface area contributed by atoms with Crippen LogP contribution in [0.5, 0.6) is 0 Å². The molecule has 0 saturated carbocycles. The summed E-state index contributed by atoms with van der Waals surface area (Å²) in [5, 5.41) is 9.39. The fraction of sp³-hybridized carbons (Fsp3) is 0.333. The summed E-state index contributed by atoms with van der Waals surface area (Å²) in [5.41, 5.74) is 0.874. The quantitative estimate of drug-likeness (QED) is 0.656. The van der Waals surface area contributed by atoms with Crippen LogP contribution >= 0.6 is 0 Å². The standard InChI is InChI=1S/C18H21N3O5S/c22-17(21-8-4-5-9-21)15-11-14(12-19-15)27(25,26)20-16(18(23)24)10-13-6-2-1-3-7-13/h1-3,6-7,11-12,16,19-20H,4-5,8-10H2,(H,23,24)/t16-/m0/s1. The van der Waals surface area contributed by atoms with Gasteiger partial charge in [-0.25, -0.2) is 8.42 Å². The summed E-state index contributed by atoms with van der Waals surface area (Å²) in [6.45, 7) is 1.30.